The molecular weight excluding hydrogens is 759 g/mol. The van der Waals surface area contributed by atoms with Crippen LogP contribution < -0.4 is 0 Å². The molecule has 0 bridgehead atoms. The van der Waals surface area contributed by atoms with Crippen molar-refractivity contribution in [1.29, 1.82) is 0 Å². The number of hydrogen-bond acceptors (Lipinski definition) is 5. The minimum atomic E-state index is 0.583. The topological polar surface area (TPSA) is 65.0 Å². The van der Waals surface area contributed by atoms with E-state index in [0.29, 0.717) is 17.5 Å². The summed E-state index contributed by atoms with van der Waals surface area (Å²) in [4.78, 5) is 15.8. The third kappa shape index (κ3) is 5.45. The van der Waals surface area contributed by atoms with Crippen LogP contribution in [0.5, 0.6) is 0 Å². The van der Waals surface area contributed by atoms with Crippen molar-refractivity contribution in [2.75, 3.05) is 0 Å². The van der Waals surface area contributed by atoms with Crippen LogP contribution in [0.4, 0.5) is 0 Å². The molecule has 10 aromatic carbocycles. The molecule has 0 fully saturated rings. The monoisotopic (exact) mass is 791 g/mol. The predicted molar refractivity (Wildman–Crippen MR) is 254 cm³/mol. The van der Waals surface area contributed by atoms with Crippen molar-refractivity contribution in [1.82, 2.24) is 15.0 Å². The quantitative estimate of drug-likeness (QED) is 0.174. The normalized spacial score (nSPS) is 11.9. The van der Waals surface area contributed by atoms with Crippen molar-refractivity contribution in [2.24, 2.45) is 0 Å². The van der Waals surface area contributed by atoms with Crippen LogP contribution in [0.25, 0.3) is 133 Å². The molecule has 288 valence electrons. The van der Waals surface area contributed by atoms with Crippen LogP contribution in [-0.2, 0) is 0 Å². The molecule has 0 saturated heterocycles. The molecule has 0 aliphatic heterocycles. The Kier molecular flexibility index (Phi) is 7.54. The first-order chi connectivity index (χ1) is 30.7. The van der Waals surface area contributed by atoms with Crippen LogP contribution in [0.1, 0.15) is 0 Å². The first-order valence-electron chi connectivity index (χ1n) is 20.8. The van der Waals surface area contributed by atoms with E-state index in [-0.39, 0.29) is 0 Å². The molecular formula is C57H33N3O2. The minimum Gasteiger partial charge on any atom is -0.456 e. The second kappa shape index (κ2) is 13.6. The van der Waals surface area contributed by atoms with Crippen molar-refractivity contribution in [3.8, 4) is 56.4 Å². The number of aromatic nitrogens is 3. The summed E-state index contributed by atoms with van der Waals surface area (Å²) in [6, 6.07) is 70.0. The van der Waals surface area contributed by atoms with Gasteiger partial charge in [-0.3, -0.25) is 0 Å². The highest BCUT2D eigenvalue weighted by molar-refractivity contribution is 6.13. The van der Waals surface area contributed by atoms with Gasteiger partial charge in [-0.25, -0.2) is 15.0 Å². The Morgan fingerprint density at radius 3 is 1.65 bits per heavy atom. The van der Waals surface area contributed by atoms with Crippen molar-refractivity contribution in [3.05, 3.63) is 200 Å². The average molecular weight is 792 g/mol. The zero-order valence-corrected chi connectivity index (χ0v) is 33.2. The summed E-state index contributed by atoms with van der Waals surface area (Å²) >= 11 is 0. The fraction of sp³-hybridized carbons (Fsp3) is 0. The minimum absolute atomic E-state index is 0.583. The SMILES string of the molecule is c1ccc2c(-c3ccc(-c4nc(-c5ccc(-c6ccc7cc8c(cc7c6)oc6ccccc68)c6ccccc56)nc(-c5cccc6oc7ccccc7c56)n4)cc3)cccc2c1. The molecule has 62 heavy (non-hydrogen) atoms. The predicted octanol–water partition coefficient (Wildman–Crippen LogP) is 15.5. The maximum atomic E-state index is 6.33. The van der Waals surface area contributed by atoms with Crippen LogP contribution in [0.2, 0.25) is 0 Å². The molecule has 3 heterocycles. The van der Waals surface area contributed by atoms with Crippen LogP contribution in [-0.4, -0.2) is 15.0 Å². The lowest BCUT2D eigenvalue weighted by Crippen LogP contribution is -2.01. The number of para-hydroxylation sites is 2. The van der Waals surface area contributed by atoms with Crippen LogP contribution in [0, 0.1) is 0 Å². The van der Waals surface area contributed by atoms with Gasteiger partial charge in [-0.1, -0.05) is 158 Å². The fourth-order valence-electron chi connectivity index (χ4n) is 9.36. The van der Waals surface area contributed by atoms with Gasteiger partial charge in [-0.05, 0) is 97.0 Å². The number of fused-ring (bicyclic) bond motifs is 9. The Morgan fingerprint density at radius 2 is 0.806 bits per heavy atom. The second-order valence-corrected chi connectivity index (χ2v) is 15.9. The van der Waals surface area contributed by atoms with E-state index in [2.05, 4.69) is 158 Å². The van der Waals surface area contributed by atoms with Crippen molar-refractivity contribution < 1.29 is 8.83 Å². The summed E-state index contributed by atoms with van der Waals surface area (Å²) in [6.45, 7) is 0. The molecule has 0 amide bonds. The van der Waals surface area contributed by atoms with Gasteiger partial charge in [0.05, 0.1) is 0 Å². The molecule has 0 N–H and O–H groups in total. The van der Waals surface area contributed by atoms with Gasteiger partial charge in [0.1, 0.15) is 22.3 Å². The number of benzene rings is 10. The smallest absolute Gasteiger partial charge is 0.164 e. The molecule has 0 unspecified atom stereocenters. The number of furan rings is 2. The molecule has 0 atom stereocenters. The molecule has 0 aliphatic carbocycles. The van der Waals surface area contributed by atoms with Gasteiger partial charge in [0.25, 0.3) is 0 Å². The average Bonchev–Trinajstić information content (AvgIpc) is 3.90. The lowest BCUT2D eigenvalue weighted by molar-refractivity contribution is 0.669. The molecule has 0 spiro atoms. The highest BCUT2D eigenvalue weighted by atomic mass is 16.3. The van der Waals surface area contributed by atoms with Crippen molar-refractivity contribution >= 4 is 76.2 Å². The lowest BCUT2D eigenvalue weighted by atomic mass is 9.93. The van der Waals surface area contributed by atoms with E-state index in [1.54, 1.807) is 0 Å². The molecule has 0 saturated carbocycles. The van der Waals surface area contributed by atoms with Gasteiger partial charge in [-0.2, -0.15) is 0 Å². The standard InChI is InChI=1S/C57H33N3O2/c1-2-13-40-34(11-1)12-9-18-41(40)35-23-25-36(26-24-35)55-58-56(60-57(59-55)48-19-10-22-52-54(48)47-17-6-8-21-51(47)61-52)46-30-29-42(43-14-3-4-15-44(43)46)38-28-27-37-32-49-45-16-5-7-20-50(45)62-53(49)33-39(37)31-38/h1-33H. The van der Waals surface area contributed by atoms with Crippen LogP contribution in [0.15, 0.2) is 209 Å². The molecule has 5 heteroatoms. The third-order valence-electron chi connectivity index (χ3n) is 12.3. The summed E-state index contributed by atoms with van der Waals surface area (Å²) in [6.07, 6.45) is 0. The first kappa shape index (κ1) is 34.5. The van der Waals surface area contributed by atoms with Gasteiger partial charge >= 0.3 is 0 Å². The highest BCUT2D eigenvalue weighted by Gasteiger charge is 2.20. The van der Waals surface area contributed by atoms with Gasteiger partial charge in [0, 0.05) is 38.2 Å². The van der Waals surface area contributed by atoms with E-state index in [1.807, 2.05) is 42.5 Å². The molecule has 13 rings (SSSR count). The largest absolute Gasteiger partial charge is 0.456 e. The van der Waals surface area contributed by atoms with Crippen LogP contribution in [0.3, 0.4) is 0 Å². The first-order valence-corrected chi connectivity index (χ1v) is 20.8. The zero-order valence-electron chi connectivity index (χ0n) is 33.2. The van der Waals surface area contributed by atoms with E-state index in [0.717, 1.165) is 93.4 Å². The summed E-state index contributed by atoms with van der Waals surface area (Å²) in [5, 5.41) is 11.2. The Morgan fingerprint density at radius 1 is 0.258 bits per heavy atom. The Balaban J connectivity index is 0.980. The number of rotatable bonds is 5. The van der Waals surface area contributed by atoms with Crippen molar-refractivity contribution in [2.45, 2.75) is 0 Å². The van der Waals surface area contributed by atoms with Gasteiger partial charge in [0.15, 0.2) is 17.5 Å². The highest BCUT2D eigenvalue weighted by Crippen LogP contribution is 2.41. The second-order valence-electron chi connectivity index (χ2n) is 15.9. The summed E-state index contributed by atoms with van der Waals surface area (Å²) in [7, 11) is 0. The third-order valence-corrected chi connectivity index (χ3v) is 12.3. The molecule has 5 nitrogen and oxygen atoms in total. The van der Waals surface area contributed by atoms with E-state index < -0.39 is 0 Å². The number of nitrogens with zero attached hydrogens (tertiary/aromatic N) is 3. The maximum Gasteiger partial charge on any atom is 0.164 e. The maximum absolute atomic E-state index is 6.33. The molecule has 0 aliphatic rings. The molecule has 0 radical (unpaired) electrons. The summed E-state index contributed by atoms with van der Waals surface area (Å²) < 4.78 is 12.6. The van der Waals surface area contributed by atoms with E-state index >= 15 is 0 Å². The Labute approximate surface area is 355 Å². The lowest BCUT2D eigenvalue weighted by Gasteiger charge is -2.14. The molecule has 3 aromatic heterocycles. The van der Waals surface area contributed by atoms with Crippen molar-refractivity contribution in [3.63, 3.8) is 0 Å². The van der Waals surface area contributed by atoms with Gasteiger partial charge in [0.2, 0.25) is 0 Å². The van der Waals surface area contributed by atoms with Crippen LogP contribution >= 0.6 is 0 Å². The Bertz CT molecular complexity index is 3930. The fourth-order valence-corrected chi connectivity index (χ4v) is 9.36. The summed E-state index contributed by atoms with van der Waals surface area (Å²) in [5.74, 6) is 1.78. The van der Waals surface area contributed by atoms with Gasteiger partial charge < -0.3 is 8.83 Å². The van der Waals surface area contributed by atoms with E-state index in [1.165, 1.54) is 21.7 Å². The number of hydrogen-bond donors (Lipinski definition) is 0. The van der Waals surface area contributed by atoms with Gasteiger partial charge in [-0.15, -0.1) is 0 Å². The Hall–Kier alpha value is -8.41. The zero-order chi connectivity index (χ0) is 40.7. The van der Waals surface area contributed by atoms with E-state index in [9.17, 15) is 0 Å². The molecule has 13 aromatic rings. The summed E-state index contributed by atoms with van der Waals surface area (Å²) in [5.41, 5.74) is 10.7. The van der Waals surface area contributed by atoms with E-state index in [4.69, 9.17) is 23.8 Å².